The van der Waals surface area contributed by atoms with Crippen molar-refractivity contribution in [2.24, 2.45) is 0 Å². The SMILES string of the molecule is CC.CCCNc1nc(Nc2ccc(CCNc3nc(Nc4cccc(NC)c4)nc(N(C)C)n3)cc2)nc(Nc2cccc(N)c2)n1. The van der Waals surface area contributed by atoms with Gasteiger partial charge in [0.05, 0.1) is 0 Å². The van der Waals surface area contributed by atoms with Crippen LogP contribution in [0.5, 0.6) is 0 Å². The number of hydrogen-bond acceptors (Lipinski definition) is 14. The third-order valence-corrected chi connectivity index (χ3v) is 6.65. The van der Waals surface area contributed by atoms with Crippen molar-refractivity contribution in [2.75, 3.05) is 76.8 Å². The van der Waals surface area contributed by atoms with Gasteiger partial charge in [0.15, 0.2) is 0 Å². The van der Waals surface area contributed by atoms with E-state index in [0.29, 0.717) is 47.9 Å². The van der Waals surface area contributed by atoms with Gasteiger partial charge >= 0.3 is 0 Å². The minimum absolute atomic E-state index is 0.407. The van der Waals surface area contributed by atoms with Crippen LogP contribution in [0.25, 0.3) is 0 Å². The lowest BCUT2D eigenvalue weighted by molar-refractivity contribution is 0.933. The molecule has 2 aromatic heterocycles. The maximum atomic E-state index is 5.93. The third kappa shape index (κ3) is 10.6. The molecule has 0 aliphatic rings. The molecule has 0 fully saturated rings. The average molecular weight is 651 g/mol. The third-order valence-electron chi connectivity index (χ3n) is 6.65. The number of aromatic nitrogens is 6. The summed E-state index contributed by atoms with van der Waals surface area (Å²) >= 11 is 0. The molecule has 0 atom stereocenters. The highest BCUT2D eigenvalue weighted by molar-refractivity contribution is 5.63. The number of nitrogen functional groups attached to an aromatic ring is 1. The van der Waals surface area contributed by atoms with Crippen LogP contribution in [0.2, 0.25) is 0 Å². The van der Waals surface area contributed by atoms with Crippen LogP contribution >= 0.6 is 0 Å². The van der Waals surface area contributed by atoms with Crippen LogP contribution in [-0.4, -0.2) is 64.1 Å². The minimum atomic E-state index is 0.407. The number of benzene rings is 3. The molecule has 3 aromatic carbocycles. The Labute approximate surface area is 282 Å². The number of nitrogens with zero attached hydrogens (tertiary/aromatic N) is 7. The Morgan fingerprint density at radius 1 is 0.604 bits per heavy atom. The first-order chi connectivity index (χ1) is 23.4. The standard InChI is InChI=1S/C32H40N14.C2H6/c1-5-17-35-27-40-29(43-30(41-27)38-25-10-6-8-22(33)19-25)37-23-14-12-21(13-15-23)16-18-36-28-42-31(45-32(44-28)46(3)4)39-26-11-7-9-24(20-26)34-2;1-2/h6-15,19-20,34H,5,16-18,33H2,1-4H3,(H2,36,39,42,44,45)(H3,35,37,38,40,41,43);1-2H3. The lowest BCUT2D eigenvalue weighted by Crippen LogP contribution is -2.17. The number of anilines is 11. The molecule has 0 spiro atoms. The Bertz CT molecular complexity index is 1730. The summed E-state index contributed by atoms with van der Waals surface area (Å²) in [5.74, 6) is 2.82. The second-order valence-corrected chi connectivity index (χ2v) is 10.6. The Kier molecular flexibility index (Phi) is 12.9. The van der Waals surface area contributed by atoms with Gasteiger partial charge in [-0.05, 0) is 66.9 Å². The van der Waals surface area contributed by atoms with Crippen LogP contribution in [0.15, 0.2) is 72.8 Å². The lowest BCUT2D eigenvalue weighted by atomic mass is 10.1. The van der Waals surface area contributed by atoms with Crippen molar-refractivity contribution in [1.29, 1.82) is 0 Å². The normalized spacial score (nSPS) is 10.3. The summed E-state index contributed by atoms with van der Waals surface area (Å²) in [5.41, 5.74) is 11.2. The van der Waals surface area contributed by atoms with Crippen molar-refractivity contribution in [3.8, 4) is 0 Å². The lowest BCUT2D eigenvalue weighted by Gasteiger charge is -2.14. The van der Waals surface area contributed by atoms with Crippen LogP contribution in [0.1, 0.15) is 32.8 Å². The molecule has 252 valence electrons. The zero-order valence-corrected chi connectivity index (χ0v) is 28.5. The van der Waals surface area contributed by atoms with Gasteiger partial charge in [-0.25, -0.2) is 0 Å². The fraction of sp³-hybridized carbons (Fsp3) is 0.294. The van der Waals surface area contributed by atoms with Crippen LogP contribution in [0, 0.1) is 0 Å². The predicted octanol–water partition coefficient (Wildman–Crippen LogP) is 6.48. The van der Waals surface area contributed by atoms with Crippen LogP contribution in [-0.2, 0) is 6.42 Å². The van der Waals surface area contributed by atoms with E-state index in [1.807, 2.05) is 101 Å². The number of hydrogen-bond donors (Lipinski definition) is 7. The van der Waals surface area contributed by atoms with Crippen molar-refractivity contribution in [3.63, 3.8) is 0 Å². The molecule has 0 saturated heterocycles. The fourth-order valence-electron chi connectivity index (χ4n) is 4.33. The molecule has 0 aliphatic heterocycles. The van der Waals surface area contributed by atoms with Crippen molar-refractivity contribution in [2.45, 2.75) is 33.6 Å². The van der Waals surface area contributed by atoms with E-state index in [2.05, 4.69) is 80.9 Å². The zero-order chi connectivity index (χ0) is 34.3. The van der Waals surface area contributed by atoms with Crippen LogP contribution < -0.4 is 42.5 Å². The molecule has 0 aliphatic carbocycles. The summed E-state index contributed by atoms with van der Waals surface area (Å²) < 4.78 is 0. The van der Waals surface area contributed by atoms with Gasteiger partial charge in [-0.15, -0.1) is 0 Å². The molecule has 5 aromatic rings. The number of nitrogens with one attached hydrogen (secondary N) is 6. The molecule has 0 unspecified atom stereocenters. The van der Waals surface area contributed by atoms with Gasteiger partial charge in [-0.2, -0.15) is 29.9 Å². The Morgan fingerprint density at radius 3 is 1.75 bits per heavy atom. The van der Waals surface area contributed by atoms with Crippen molar-refractivity contribution in [3.05, 3.63) is 78.4 Å². The highest BCUT2D eigenvalue weighted by atomic mass is 15.3. The molecule has 5 rings (SSSR count). The monoisotopic (exact) mass is 650 g/mol. The Hall–Kier alpha value is -5.92. The Balaban J connectivity index is 0.00000255. The molecule has 48 heavy (non-hydrogen) atoms. The van der Waals surface area contributed by atoms with Gasteiger partial charge in [0.1, 0.15) is 0 Å². The summed E-state index contributed by atoms with van der Waals surface area (Å²) in [6.45, 7) is 7.46. The van der Waals surface area contributed by atoms with Crippen molar-refractivity contribution in [1.82, 2.24) is 29.9 Å². The summed E-state index contributed by atoms with van der Waals surface area (Å²) in [4.78, 5) is 29.1. The van der Waals surface area contributed by atoms with E-state index in [9.17, 15) is 0 Å². The van der Waals surface area contributed by atoms with Gasteiger partial charge in [0.25, 0.3) is 0 Å². The maximum Gasteiger partial charge on any atom is 0.233 e. The van der Waals surface area contributed by atoms with Crippen molar-refractivity contribution >= 4 is 64.1 Å². The fourth-order valence-corrected chi connectivity index (χ4v) is 4.33. The summed E-state index contributed by atoms with van der Waals surface area (Å²) in [7, 11) is 5.68. The van der Waals surface area contributed by atoms with Crippen LogP contribution in [0.3, 0.4) is 0 Å². The van der Waals surface area contributed by atoms with E-state index in [0.717, 1.165) is 47.7 Å². The summed E-state index contributed by atoms with van der Waals surface area (Å²) in [6.07, 6.45) is 1.71. The maximum absolute atomic E-state index is 5.93. The van der Waals surface area contributed by atoms with Crippen molar-refractivity contribution < 1.29 is 0 Å². The average Bonchev–Trinajstić information content (AvgIpc) is 3.09. The van der Waals surface area contributed by atoms with Gasteiger partial charge in [0, 0.05) is 62.7 Å². The van der Waals surface area contributed by atoms with E-state index in [-0.39, 0.29) is 0 Å². The number of rotatable bonds is 15. The molecular formula is C34H46N14. The van der Waals surface area contributed by atoms with E-state index in [4.69, 9.17) is 5.73 Å². The second kappa shape index (κ2) is 17.7. The summed E-state index contributed by atoms with van der Waals surface area (Å²) in [5, 5.41) is 19.5. The smallest absolute Gasteiger partial charge is 0.233 e. The van der Waals surface area contributed by atoms with E-state index < -0.39 is 0 Å². The first-order valence-corrected chi connectivity index (χ1v) is 16.1. The minimum Gasteiger partial charge on any atom is -0.399 e. The molecule has 14 nitrogen and oxygen atoms in total. The van der Waals surface area contributed by atoms with Gasteiger partial charge in [-0.3, -0.25) is 0 Å². The zero-order valence-electron chi connectivity index (χ0n) is 28.5. The molecule has 8 N–H and O–H groups in total. The molecule has 0 bridgehead atoms. The first-order valence-electron chi connectivity index (χ1n) is 16.1. The highest BCUT2D eigenvalue weighted by Crippen LogP contribution is 2.22. The molecular weight excluding hydrogens is 604 g/mol. The predicted molar refractivity (Wildman–Crippen MR) is 199 cm³/mol. The molecule has 0 radical (unpaired) electrons. The van der Waals surface area contributed by atoms with E-state index in [1.165, 1.54) is 0 Å². The quantitative estimate of drug-likeness (QED) is 0.0612. The van der Waals surface area contributed by atoms with Gasteiger partial charge in [0.2, 0.25) is 35.7 Å². The van der Waals surface area contributed by atoms with Crippen LogP contribution in [0.4, 0.5) is 64.1 Å². The molecule has 2 heterocycles. The second-order valence-electron chi connectivity index (χ2n) is 10.6. The van der Waals surface area contributed by atoms with Gasteiger partial charge in [-0.1, -0.05) is 45.0 Å². The van der Waals surface area contributed by atoms with E-state index >= 15 is 0 Å². The van der Waals surface area contributed by atoms with E-state index in [1.54, 1.807) is 0 Å². The number of nitrogens with two attached hydrogens (primary N) is 1. The molecule has 0 saturated carbocycles. The molecule has 0 amide bonds. The first kappa shape index (κ1) is 34.9. The topological polar surface area (TPSA) is 179 Å². The summed E-state index contributed by atoms with van der Waals surface area (Å²) in [6, 6.07) is 23.5. The largest absolute Gasteiger partial charge is 0.399 e. The van der Waals surface area contributed by atoms with Gasteiger partial charge < -0.3 is 42.5 Å². The Morgan fingerprint density at radius 2 is 1.12 bits per heavy atom. The highest BCUT2D eigenvalue weighted by Gasteiger charge is 2.10. The molecule has 14 heteroatoms.